The lowest BCUT2D eigenvalue weighted by molar-refractivity contribution is 0.0391. The third-order valence-corrected chi connectivity index (χ3v) is 5.12. The van der Waals surface area contributed by atoms with E-state index in [2.05, 4.69) is 20.6 Å². The molecule has 3 N–H and O–H groups in total. The van der Waals surface area contributed by atoms with Gasteiger partial charge in [0.1, 0.15) is 6.07 Å². The van der Waals surface area contributed by atoms with Gasteiger partial charge >= 0.3 is 6.09 Å². The van der Waals surface area contributed by atoms with Crippen LogP contribution < -0.4 is 10.6 Å². The van der Waals surface area contributed by atoms with Gasteiger partial charge in [-0.2, -0.15) is 5.26 Å². The van der Waals surface area contributed by atoms with E-state index in [1.807, 2.05) is 30.3 Å². The highest BCUT2D eigenvalue weighted by Crippen LogP contribution is 2.28. The van der Waals surface area contributed by atoms with Crippen molar-refractivity contribution in [2.75, 3.05) is 17.2 Å². The molecule has 3 aromatic rings. The van der Waals surface area contributed by atoms with Crippen LogP contribution in [0.15, 0.2) is 42.6 Å². The zero-order chi connectivity index (χ0) is 24.4. The van der Waals surface area contributed by atoms with Gasteiger partial charge in [-0.05, 0) is 65.0 Å². The Kier molecular flexibility index (Phi) is 6.40. The minimum atomic E-state index is -1.07. The molecule has 0 saturated carbocycles. The van der Waals surface area contributed by atoms with Crippen LogP contribution in [0.4, 0.5) is 26.5 Å². The summed E-state index contributed by atoms with van der Waals surface area (Å²) in [4.78, 5) is 21.7. The number of benzene rings is 1. The van der Waals surface area contributed by atoms with E-state index in [1.54, 1.807) is 46.9 Å². The zero-order valence-corrected chi connectivity index (χ0v) is 19.3. The minimum absolute atomic E-state index is 0.0467. The lowest BCUT2D eigenvalue weighted by Crippen LogP contribution is -2.59. The van der Waals surface area contributed by atoms with Crippen LogP contribution >= 0.6 is 0 Å². The van der Waals surface area contributed by atoms with Gasteiger partial charge in [0.25, 0.3) is 0 Å². The Bertz CT molecular complexity index is 1230. The van der Waals surface area contributed by atoms with E-state index in [9.17, 15) is 19.6 Å². The van der Waals surface area contributed by atoms with Crippen molar-refractivity contribution in [1.29, 1.82) is 5.26 Å². The third kappa shape index (κ3) is 5.29. The number of amides is 1. The molecule has 1 amide bonds. The van der Waals surface area contributed by atoms with E-state index in [0.29, 0.717) is 5.69 Å². The molecule has 2 heterocycles. The monoisotopic (exact) mass is 450 g/mol. The van der Waals surface area contributed by atoms with Gasteiger partial charge in [-0.3, -0.25) is 9.88 Å². The molecule has 0 radical (unpaired) electrons. The van der Waals surface area contributed by atoms with Crippen molar-refractivity contribution in [3.05, 3.63) is 54.0 Å². The van der Waals surface area contributed by atoms with Crippen molar-refractivity contribution in [2.24, 2.45) is 0 Å². The molecule has 0 bridgehead atoms. The topological polar surface area (TPSA) is 114 Å². The molecule has 172 valence electrons. The van der Waals surface area contributed by atoms with E-state index < -0.39 is 23.0 Å². The van der Waals surface area contributed by atoms with Gasteiger partial charge in [-0.15, -0.1) is 0 Å². The number of fused-ring (bicyclic) bond motifs is 1. The highest BCUT2D eigenvalue weighted by molar-refractivity contribution is 5.83. The summed E-state index contributed by atoms with van der Waals surface area (Å²) in [6.07, 6.45) is 0.630. The highest BCUT2D eigenvalue weighted by Gasteiger charge is 2.38. The second-order valence-corrected chi connectivity index (χ2v) is 9.32. The molecule has 0 spiro atoms. The molecular formula is C24H27FN6O2. The summed E-state index contributed by atoms with van der Waals surface area (Å²) in [6.45, 7) is 9.00. The summed E-state index contributed by atoms with van der Waals surface area (Å²) in [5.41, 5.74) is 0.00533. The molecule has 0 aliphatic heterocycles. The van der Waals surface area contributed by atoms with Crippen molar-refractivity contribution in [1.82, 2.24) is 14.9 Å². The Labute approximate surface area is 192 Å². The summed E-state index contributed by atoms with van der Waals surface area (Å²) in [6, 6.07) is 12.3. The predicted molar refractivity (Wildman–Crippen MR) is 126 cm³/mol. The summed E-state index contributed by atoms with van der Waals surface area (Å²) in [7, 11) is 0. The second kappa shape index (κ2) is 8.90. The number of anilines is 3. The number of hydrogen-bond acceptors (Lipinski definition) is 6. The fraction of sp³-hybridized carbons (Fsp3) is 0.333. The second-order valence-electron chi connectivity index (χ2n) is 9.32. The molecule has 0 atom stereocenters. The molecule has 0 saturated heterocycles. The summed E-state index contributed by atoms with van der Waals surface area (Å²) < 4.78 is 14.7. The zero-order valence-electron chi connectivity index (χ0n) is 19.3. The van der Waals surface area contributed by atoms with Gasteiger partial charge in [0, 0.05) is 29.4 Å². The number of hydrogen-bond donors (Lipinski definition) is 3. The molecule has 0 aliphatic carbocycles. The minimum Gasteiger partial charge on any atom is -0.465 e. The Morgan fingerprint density at radius 1 is 1.18 bits per heavy atom. The molecule has 33 heavy (non-hydrogen) atoms. The van der Waals surface area contributed by atoms with Crippen molar-refractivity contribution in [3.63, 3.8) is 0 Å². The van der Waals surface area contributed by atoms with Gasteiger partial charge in [0.05, 0.1) is 16.6 Å². The average Bonchev–Trinajstić information content (AvgIpc) is 2.72. The van der Waals surface area contributed by atoms with Crippen LogP contribution in [0, 0.1) is 17.1 Å². The van der Waals surface area contributed by atoms with Crippen LogP contribution in [-0.2, 0) is 0 Å². The largest absolute Gasteiger partial charge is 0.465 e. The van der Waals surface area contributed by atoms with Gasteiger partial charge in [0.15, 0.2) is 17.5 Å². The first-order valence-corrected chi connectivity index (χ1v) is 10.4. The van der Waals surface area contributed by atoms with Crippen molar-refractivity contribution in [3.8, 4) is 6.07 Å². The van der Waals surface area contributed by atoms with E-state index in [1.165, 1.54) is 4.90 Å². The molecule has 0 fully saturated rings. The van der Waals surface area contributed by atoms with Gasteiger partial charge < -0.3 is 15.7 Å². The van der Waals surface area contributed by atoms with Crippen LogP contribution in [0.25, 0.3) is 10.9 Å². The number of carbonyl (C=O) groups is 1. The number of aromatic nitrogens is 2. The number of halogens is 1. The van der Waals surface area contributed by atoms with E-state index in [0.717, 1.165) is 17.0 Å². The van der Waals surface area contributed by atoms with Crippen LogP contribution in [0.2, 0.25) is 0 Å². The lowest BCUT2D eigenvalue weighted by Gasteiger charge is -2.45. The Balaban J connectivity index is 1.88. The number of carboxylic acid groups (broad SMARTS) is 1. The van der Waals surface area contributed by atoms with Crippen LogP contribution in [-0.4, -0.2) is 43.7 Å². The maximum absolute atomic E-state index is 14.7. The van der Waals surface area contributed by atoms with Crippen LogP contribution in [0.3, 0.4) is 0 Å². The predicted octanol–water partition coefficient (Wildman–Crippen LogP) is 5.35. The highest BCUT2D eigenvalue weighted by atomic mass is 19.1. The van der Waals surface area contributed by atoms with Crippen molar-refractivity contribution in [2.45, 2.75) is 45.7 Å². The molecule has 8 nitrogen and oxygen atoms in total. The van der Waals surface area contributed by atoms with E-state index in [-0.39, 0.29) is 23.7 Å². The average molecular weight is 451 g/mol. The maximum Gasteiger partial charge on any atom is 0.408 e. The first kappa shape index (κ1) is 23.7. The maximum atomic E-state index is 14.7. The SMILES string of the molecule is CC(C)(C)N(C(=O)O)C(C)(C)CNc1nc(Nc2ccc3ncccc3c2)c(C#N)cc1F. The van der Waals surface area contributed by atoms with E-state index >= 15 is 0 Å². The summed E-state index contributed by atoms with van der Waals surface area (Å²) in [5, 5.41) is 26.1. The fourth-order valence-corrected chi connectivity index (χ4v) is 3.92. The Hall–Kier alpha value is -3.93. The molecule has 0 aliphatic rings. The van der Waals surface area contributed by atoms with Gasteiger partial charge in [-0.25, -0.2) is 14.2 Å². The van der Waals surface area contributed by atoms with E-state index in [4.69, 9.17) is 0 Å². The molecular weight excluding hydrogens is 423 g/mol. The third-order valence-electron chi connectivity index (χ3n) is 5.12. The Morgan fingerprint density at radius 2 is 1.91 bits per heavy atom. The smallest absolute Gasteiger partial charge is 0.408 e. The molecule has 2 aromatic heterocycles. The number of nitriles is 1. The first-order valence-electron chi connectivity index (χ1n) is 10.4. The normalized spacial score (nSPS) is 11.7. The van der Waals surface area contributed by atoms with Crippen molar-refractivity contribution >= 4 is 34.3 Å². The number of nitrogens with one attached hydrogen (secondary N) is 2. The van der Waals surface area contributed by atoms with Crippen molar-refractivity contribution < 1.29 is 14.3 Å². The van der Waals surface area contributed by atoms with Gasteiger partial charge in [-0.1, -0.05) is 6.07 Å². The molecule has 9 heteroatoms. The molecule has 1 aromatic carbocycles. The van der Waals surface area contributed by atoms with Crippen LogP contribution in [0.1, 0.15) is 40.2 Å². The van der Waals surface area contributed by atoms with Crippen LogP contribution in [0.5, 0.6) is 0 Å². The Morgan fingerprint density at radius 3 is 2.55 bits per heavy atom. The number of nitrogens with zero attached hydrogens (tertiary/aromatic N) is 4. The summed E-state index contributed by atoms with van der Waals surface area (Å²) >= 11 is 0. The van der Waals surface area contributed by atoms with Gasteiger partial charge in [0.2, 0.25) is 0 Å². The number of rotatable bonds is 6. The quantitative estimate of drug-likeness (QED) is 0.463. The molecule has 0 unspecified atom stereocenters. The fourth-order valence-electron chi connectivity index (χ4n) is 3.92. The molecule has 3 rings (SSSR count). The lowest BCUT2D eigenvalue weighted by atomic mass is 9.95. The standard InChI is InChI=1S/C24H27FN6O2/c1-23(2,3)31(22(32)33)24(4,5)14-28-21-18(25)12-16(13-26)20(30-21)29-17-8-9-19-15(11-17)7-6-10-27-19/h6-12H,14H2,1-5H3,(H,32,33)(H2,28,29,30). The number of pyridine rings is 2. The summed E-state index contributed by atoms with van der Waals surface area (Å²) in [5.74, 6) is -0.590. The first-order chi connectivity index (χ1) is 15.4.